The first-order valence-electron chi connectivity index (χ1n) is 12.4. The number of carbonyl (C=O) groups excluding carboxylic acids is 3. The third kappa shape index (κ3) is 6.83. The Bertz CT molecular complexity index is 1340. The predicted octanol–water partition coefficient (Wildman–Crippen LogP) is 5.59. The molecule has 0 unspecified atom stereocenters. The summed E-state index contributed by atoms with van der Waals surface area (Å²) in [5, 5.41) is 2.86. The minimum Gasteiger partial charge on any atom is -0.339 e. The van der Waals surface area contributed by atoms with E-state index in [9.17, 15) is 14.4 Å². The van der Waals surface area contributed by atoms with Crippen molar-refractivity contribution in [3.8, 4) is 10.4 Å². The number of carbonyl (C=O) groups is 3. The Kier molecular flexibility index (Phi) is 9.25. The minimum absolute atomic E-state index is 0.0182. The molecule has 1 N–H and O–H groups in total. The highest BCUT2D eigenvalue weighted by Crippen LogP contribution is 2.31. The Morgan fingerprint density at radius 2 is 1.79 bits per heavy atom. The highest BCUT2D eigenvalue weighted by Gasteiger charge is 2.27. The number of benzene rings is 2. The van der Waals surface area contributed by atoms with Gasteiger partial charge in [0.2, 0.25) is 0 Å². The normalized spacial score (nSPS) is 14.0. The zero-order chi connectivity index (χ0) is 27.4. The van der Waals surface area contributed by atoms with Crippen LogP contribution in [0, 0.1) is 0 Å². The summed E-state index contributed by atoms with van der Waals surface area (Å²) in [5.74, 6) is -1.56. The molecule has 2 heterocycles. The number of thiophene rings is 1. The molecule has 1 aromatic heterocycles. The summed E-state index contributed by atoms with van der Waals surface area (Å²) < 4.78 is 1.05. The first-order valence-corrected chi connectivity index (χ1v) is 14.3. The number of halogens is 2. The zero-order valence-corrected chi connectivity index (χ0v) is 24.7. The quantitative estimate of drug-likeness (QED) is 0.366. The molecule has 0 radical (unpaired) electrons. The third-order valence-corrected chi connectivity index (χ3v) is 8.50. The maximum atomic E-state index is 12.9. The van der Waals surface area contributed by atoms with E-state index in [0.717, 1.165) is 11.0 Å². The number of nitrogens with zero attached hydrogens (tertiary/aromatic N) is 3. The Morgan fingerprint density at radius 1 is 1.05 bits per heavy atom. The van der Waals surface area contributed by atoms with E-state index in [0.29, 0.717) is 31.7 Å². The lowest BCUT2D eigenvalue weighted by Crippen LogP contribution is -2.51. The monoisotopic (exact) mass is 616 g/mol. The number of rotatable bonds is 6. The van der Waals surface area contributed by atoms with Gasteiger partial charge in [-0.3, -0.25) is 19.3 Å². The summed E-state index contributed by atoms with van der Waals surface area (Å²) in [4.78, 5) is 46.2. The summed E-state index contributed by atoms with van der Waals surface area (Å²) in [6.07, 6.45) is 0. The maximum absolute atomic E-state index is 12.9. The summed E-state index contributed by atoms with van der Waals surface area (Å²) in [6.45, 7) is 6.90. The van der Waals surface area contributed by atoms with E-state index in [-0.39, 0.29) is 22.7 Å². The summed E-state index contributed by atoms with van der Waals surface area (Å²) in [5.41, 5.74) is 1.81. The molecule has 4 rings (SSSR count). The van der Waals surface area contributed by atoms with Gasteiger partial charge in [0.15, 0.2) is 0 Å². The van der Waals surface area contributed by atoms with Crippen molar-refractivity contribution in [2.75, 3.05) is 38.5 Å². The van der Waals surface area contributed by atoms with Crippen molar-refractivity contribution >= 4 is 62.3 Å². The van der Waals surface area contributed by atoms with Gasteiger partial charge < -0.3 is 15.1 Å². The average Bonchev–Trinajstić information content (AvgIpc) is 3.37. The molecule has 0 atom stereocenters. The van der Waals surface area contributed by atoms with E-state index in [1.54, 1.807) is 40.3 Å². The third-order valence-electron chi connectivity index (χ3n) is 6.56. The molecule has 0 bridgehead atoms. The number of anilines is 1. The molecule has 1 aliphatic rings. The van der Waals surface area contributed by atoms with Crippen molar-refractivity contribution in [2.45, 2.75) is 26.4 Å². The molecule has 1 saturated heterocycles. The van der Waals surface area contributed by atoms with Crippen LogP contribution < -0.4 is 5.32 Å². The lowest BCUT2D eigenvalue weighted by Gasteiger charge is -2.34. The fourth-order valence-electron chi connectivity index (χ4n) is 4.10. The molecule has 7 nitrogen and oxygen atoms in total. The number of nitrogens with one attached hydrogen (secondary N) is 1. The number of piperazine rings is 1. The van der Waals surface area contributed by atoms with Gasteiger partial charge in [-0.15, -0.1) is 11.3 Å². The first-order chi connectivity index (χ1) is 18.1. The van der Waals surface area contributed by atoms with Gasteiger partial charge in [0.05, 0.1) is 10.7 Å². The van der Waals surface area contributed by atoms with Crippen molar-refractivity contribution in [3.63, 3.8) is 0 Å². The van der Waals surface area contributed by atoms with Crippen molar-refractivity contribution in [1.29, 1.82) is 0 Å². The molecule has 1 aliphatic heterocycles. The lowest BCUT2D eigenvalue weighted by atomic mass is 10.1. The second-order valence-electron chi connectivity index (χ2n) is 9.50. The van der Waals surface area contributed by atoms with Crippen molar-refractivity contribution in [1.82, 2.24) is 14.7 Å². The molecule has 0 spiro atoms. The van der Waals surface area contributed by atoms with Crippen LogP contribution in [0.15, 0.2) is 59.1 Å². The van der Waals surface area contributed by atoms with E-state index >= 15 is 0 Å². The summed E-state index contributed by atoms with van der Waals surface area (Å²) >= 11 is 11.5. The molecule has 1 fully saturated rings. The fraction of sp³-hybridized carbons (Fsp3) is 0.321. The van der Waals surface area contributed by atoms with E-state index in [1.165, 1.54) is 21.4 Å². The Labute approximate surface area is 240 Å². The second kappa shape index (κ2) is 12.4. The van der Waals surface area contributed by atoms with Gasteiger partial charge in [0.1, 0.15) is 0 Å². The van der Waals surface area contributed by atoms with Crippen LogP contribution in [0.25, 0.3) is 10.4 Å². The molecule has 2 aromatic carbocycles. The fourth-order valence-corrected chi connectivity index (χ4v) is 5.71. The predicted molar refractivity (Wildman–Crippen MR) is 157 cm³/mol. The highest BCUT2D eigenvalue weighted by molar-refractivity contribution is 9.10. The Morgan fingerprint density at radius 3 is 2.47 bits per heavy atom. The molecule has 3 amide bonds. The van der Waals surface area contributed by atoms with Crippen LogP contribution >= 0.6 is 38.9 Å². The summed E-state index contributed by atoms with van der Waals surface area (Å²) in [7, 11) is 1.71. The van der Waals surface area contributed by atoms with Crippen LogP contribution in [0.5, 0.6) is 0 Å². The van der Waals surface area contributed by atoms with Gasteiger partial charge >= 0.3 is 11.8 Å². The van der Waals surface area contributed by atoms with Gasteiger partial charge in [0.25, 0.3) is 5.91 Å². The van der Waals surface area contributed by atoms with Crippen LogP contribution in [0.4, 0.5) is 5.69 Å². The van der Waals surface area contributed by atoms with Gasteiger partial charge in [0, 0.05) is 65.6 Å². The SMILES string of the molecule is CC(C)N(C)C(=O)c1ccc(Cl)c(NC(=O)C(=O)N2CCN(Cc3ccc(-c4cccc(Br)c4)s3)CC2)c1. The Hall–Kier alpha value is -2.72. The van der Waals surface area contributed by atoms with Crippen LogP contribution in [-0.4, -0.2) is 71.7 Å². The number of hydrogen-bond acceptors (Lipinski definition) is 5. The molecule has 10 heteroatoms. The zero-order valence-electron chi connectivity index (χ0n) is 21.5. The van der Waals surface area contributed by atoms with Crippen molar-refractivity contribution < 1.29 is 14.4 Å². The molecule has 0 saturated carbocycles. The van der Waals surface area contributed by atoms with Crippen LogP contribution in [0.3, 0.4) is 0 Å². The first kappa shape index (κ1) is 28.3. The molecular formula is C28H30BrClN4O3S. The smallest absolute Gasteiger partial charge is 0.313 e. The van der Waals surface area contributed by atoms with Gasteiger partial charge in [-0.1, -0.05) is 39.7 Å². The maximum Gasteiger partial charge on any atom is 0.313 e. The van der Waals surface area contributed by atoms with Gasteiger partial charge in [-0.05, 0) is 61.9 Å². The van der Waals surface area contributed by atoms with E-state index in [2.05, 4.69) is 50.4 Å². The van der Waals surface area contributed by atoms with E-state index in [1.807, 2.05) is 26.0 Å². The van der Waals surface area contributed by atoms with Gasteiger partial charge in [-0.2, -0.15) is 0 Å². The molecule has 38 heavy (non-hydrogen) atoms. The molecule has 0 aliphatic carbocycles. The second-order valence-corrected chi connectivity index (χ2v) is 12.0. The van der Waals surface area contributed by atoms with Crippen LogP contribution in [0.1, 0.15) is 29.1 Å². The minimum atomic E-state index is -0.765. The topological polar surface area (TPSA) is 73.0 Å². The summed E-state index contributed by atoms with van der Waals surface area (Å²) in [6, 6.07) is 17.2. The van der Waals surface area contributed by atoms with E-state index in [4.69, 9.17) is 11.6 Å². The number of amides is 3. The average molecular weight is 618 g/mol. The van der Waals surface area contributed by atoms with Crippen molar-refractivity contribution in [3.05, 3.63) is 74.5 Å². The number of hydrogen-bond donors (Lipinski definition) is 1. The largest absolute Gasteiger partial charge is 0.339 e. The lowest BCUT2D eigenvalue weighted by molar-refractivity contribution is -0.144. The van der Waals surface area contributed by atoms with Gasteiger partial charge in [-0.25, -0.2) is 0 Å². The van der Waals surface area contributed by atoms with Crippen LogP contribution in [0.2, 0.25) is 5.02 Å². The standard InChI is InChI=1S/C28H30BrClN4O3S/c1-18(2)32(3)27(36)20-7-9-23(30)24(16-20)31-26(35)28(37)34-13-11-33(12-14-34)17-22-8-10-25(38-22)19-5-4-6-21(29)15-19/h4-10,15-16,18H,11-14,17H2,1-3H3,(H,31,35). The van der Waals surface area contributed by atoms with Crippen LogP contribution in [-0.2, 0) is 16.1 Å². The molecule has 200 valence electrons. The molecule has 3 aromatic rings. The highest BCUT2D eigenvalue weighted by atomic mass is 79.9. The Balaban J connectivity index is 1.31. The van der Waals surface area contributed by atoms with Crippen molar-refractivity contribution in [2.24, 2.45) is 0 Å². The van der Waals surface area contributed by atoms with E-state index < -0.39 is 11.8 Å². The molecular weight excluding hydrogens is 588 g/mol.